The Morgan fingerprint density at radius 3 is 2.80 bits per heavy atom. The van der Waals surface area contributed by atoms with Crippen molar-refractivity contribution in [3.8, 4) is 0 Å². The summed E-state index contributed by atoms with van der Waals surface area (Å²) in [5, 5.41) is 8.40. The van der Waals surface area contributed by atoms with E-state index in [0.29, 0.717) is 6.04 Å². The summed E-state index contributed by atoms with van der Waals surface area (Å²) in [6, 6.07) is 5.28. The highest BCUT2D eigenvalue weighted by atomic mass is 32.2. The fourth-order valence-electron chi connectivity index (χ4n) is 2.70. The average molecular weight is 298 g/mol. The Balaban J connectivity index is 2.02. The molecule has 1 saturated heterocycles. The van der Waals surface area contributed by atoms with Crippen LogP contribution in [0.3, 0.4) is 0 Å². The van der Waals surface area contributed by atoms with Crippen LogP contribution in [0.15, 0.2) is 23.1 Å². The van der Waals surface area contributed by atoms with Crippen molar-refractivity contribution >= 4 is 21.4 Å². The van der Waals surface area contributed by atoms with E-state index < -0.39 is 10.0 Å². The summed E-state index contributed by atoms with van der Waals surface area (Å²) in [5.74, 6) is 0. The summed E-state index contributed by atoms with van der Waals surface area (Å²) in [4.78, 5) is 2.41. The summed E-state index contributed by atoms with van der Waals surface area (Å²) in [7, 11) is -3.75. The van der Waals surface area contributed by atoms with Crippen LogP contribution in [0.5, 0.6) is 0 Å². The van der Waals surface area contributed by atoms with E-state index in [2.05, 4.69) is 17.1 Å². The molecule has 1 fully saturated rings. The number of rotatable bonds is 5. The van der Waals surface area contributed by atoms with E-state index >= 15 is 0 Å². The smallest absolute Gasteiger partial charge is 0.240 e. The van der Waals surface area contributed by atoms with Crippen molar-refractivity contribution in [2.45, 2.75) is 30.7 Å². The van der Waals surface area contributed by atoms with Gasteiger partial charge in [0.2, 0.25) is 10.0 Å². The third kappa shape index (κ3) is 3.41. The van der Waals surface area contributed by atoms with Crippen molar-refractivity contribution in [1.82, 2.24) is 4.90 Å². The lowest BCUT2D eigenvalue weighted by molar-refractivity contribution is 0.277. The molecule has 1 unspecified atom stereocenters. The van der Waals surface area contributed by atoms with Crippen molar-refractivity contribution in [3.05, 3.63) is 18.2 Å². The molecule has 7 heteroatoms. The Morgan fingerprint density at radius 2 is 2.20 bits per heavy atom. The first-order valence-electron chi connectivity index (χ1n) is 6.82. The number of nitrogen functional groups attached to an aromatic ring is 1. The second kappa shape index (κ2) is 5.99. The third-order valence-electron chi connectivity index (χ3n) is 3.76. The number of hydrogen-bond donors (Lipinski definition) is 3. The molecule has 1 aromatic rings. The number of anilines is 2. The van der Waals surface area contributed by atoms with Crippen LogP contribution < -0.4 is 16.2 Å². The van der Waals surface area contributed by atoms with E-state index in [9.17, 15) is 8.42 Å². The van der Waals surface area contributed by atoms with Crippen molar-refractivity contribution in [2.24, 2.45) is 5.14 Å². The number of benzene rings is 1. The predicted molar refractivity (Wildman–Crippen MR) is 81.0 cm³/mol. The second-order valence-electron chi connectivity index (χ2n) is 5.10. The highest BCUT2D eigenvalue weighted by Gasteiger charge is 2.22. The average Bonchev–Trinajstić information content (AvgIpc) is 2.82. The first-order valence-corrected chi connectivity index (χ1v) is 8.36. The van der Waals surface area contributed by atoms with Gasteiger partial charge in [-0.3, -0.25) is 4.90 Å². The summed E-state index contributed by atoms with van der Waals surface area (Å²) in [5.41, 5.74) is 6.73. The molecule has 20 heavy (non-hydrogen) atoms. The minimum Gasteiger partial charge on any atom is -0.398 e. The van der Waals surface area contributed by atoms with Crippen molar-refractivity contribution in [3.63, 3.8) is 0 Å². The summed E-state index contributed by atoms with van der Waals surface area (Å²) >= 11 is 0. The lowest BCUT2D eigenvalue weighted by Crippen LogP contribution is -2.34. The minimum absolute atomic E-state index is 0.0286. The fraction of sp³-hybridized carbons (Fsp3) is 0.538. The van der Waals surface area contributed by atoms with E-state index in [-0.39, 0.29) is 10.6 Å². The molecule has 2 rings (SSSR count). The molecule has 1 aliphatic heterocycles. The molecular formula is C13H22N4O2S. The van der Waals surface area contributed by atoms with Gasteiger partial charge in [-0.25, -0.2) is 13.6 Å². The lowest BCUT2D eigenvalue weighted by atomic mass is 10.2. The fourth-order valence-corrected chi connectivity index (χ4v) is 3.34. The highest BCUT2D eigenvalue weighted by molar-refractivity contribution is 7.89. The van der Waals surface area contributed by atoms with Gasteiger partial charge in [-0.15, -0.1) is 0 Å². The Labute approximate surface area is 120 Å². The molecule has 0 aliphatic carbocycles. The maximum Gasteiger partial charge on any atom is 0.240 e. The Bertz CT molecular complexity index is 574. The zero-order valence-electron chi connectivity index (χ0n) is 11.7. The highest BCUT2D eigenvalue weighted by Crippen LogP contribution is 2.22. The van der Waals surface area contributed by atoms with Gasteiger partial charge in [0, 0.05) is 18.3 Å². The van der Waals surface area contributed by atoms with Crippen molar-refractivity contribution in [2.75, 3.05) is 30.7 Å². The Kier molecular flexibility index (Phi) is 4.52. The maximum absolute atomic E-state index is 11.3. The number of hydrogen-bond acceptors (Lipinski definition) is 5. The van der Waals surface area contributed by atoms with Crippen LogP contribution in [-0.4, -0.2) is 39.0 Å². The molecule has 1 heterocycles. The van der Waals surface area contributed by atoms with Crippen LogP contribution in [0.25, 0.3) is 0 Å². The largest absolute Gasteiger partial charge is 0.398 e. The monoisotopic (exact) mass is 298 g/mol. The van der Waals surface area contributed by atoms with Crippen LogP contribution in [0, 0.1) is 0 Å². The number of likely N-dealkylation sites (tertiary alicyclic amines) is 1. The Hall–Kier alpha value is -1.31. The number of sulfonamides is 1. The molecular weight excluding hydrogens is 276 g/mol. The predicted octanol–water partition coefficient (Wildman–Crippen LogP) is 0.812. The van der Waals surface area contributed by atoms with E-state index in [1.54, 1.807) is 12.1 Å². The van der Waals surface area contributed by atoms with Gasteiger partial charge in [-0.2, -0.15) is 0 Å². The van der Waals surface area contributed by atoms with E-state index in [1.165, 1.54) is 18.9 Å². The number of primary sulfonamides is 1. The molecule has 1 aromatic carbocycles. The van der Waals surface area contributed by atoms with Crippen molar-refractivity contribution in [1.29, 1.82) is 0 Å². The third-order valence-corrected chi connectivity index (χ3v) is 4.75. The van der Waals surface area contributed by atoms with Crippen LogP contribution in [0.1, 0.15) is 19.8 Å². The van der Waals surface area contributed by atoms with Crippen LogP contribution in [0.4, 0.5) is 11.4 Å². The zero-order valence-corrected chi connectivity index (χ0v) is 12.5. The van der Waals surface area contributed by atoms with E-state index in [4.69, 9.17) is 10.9 Å². The molecule has 1 aliphatic rings. The molecule has 0 radical (unpaired) electrons. The van der Waals surface area contributed by atoms with Crippen LogP contribution >= 0.6 is 0 Å². The second-order valence-corrected chi connectivity index (χ2v) is 6.63. The number of nitrogens with two attached hydrogens (primary N) is 2. The molecule has 0 bridgehead atoms. The SMILES string of the molecule is CCN1CCCC1CNc1ccc(S(N)(=O)=O)c(N)c1. The van der Waals surface area contributed by atoms with Crippen LogP contribution in [0.2, 0.25) is 0 Å². The van der Waals surface area contributed by atoms with Gasteiger partial charge in [0.1, 0.15) is 4.90 Å². The van der Waals surface area contributed by atoms with Gasteiger partial charge in [0.05, 0.1) is 5.69 Å². The summed E-state index contributed by atoms with van der Waals surface area (Å²) < 4.78 is 22.6. The standard InChI is InChI=1S/C13H22N4O2S/c1-2-17-7-3-4-11(17)9-16-10-5-6-13(12(14)8-10)20(15,18)19/h5-6,8,11,16H,2-4,7,9,14H2,1H3,(H2,15,18,19). The van der Waals surface area contributed by atoms with Crippen LogP contribution in [-0.2, 0) is 10.0 Å². The quantitative estimate of drug-likeness (QED) is 0.698. The first kappa shape index (κ1) is 15.1. The van der Waals surface area contributed by atoms with E-state index in [1.807, 2.05) is 0 Å². The van der Waals surface area contributed by atoms with Gasteiger partial charge in [-0.1, -0.05) is 6.92 Å². The molecule has 0 spiro atoms. The molecule has 5 N–H and O–H groups in total. The zero-order chi connectivity index (χ0) is 14.8. The Morgan fingerprint density at radius 1 is 1.45 bits per heavy atom. The number of nitrogens with zero attached hydrogens (tertiary/aromatic N) is 1. The van der Waals surface area contributed by atoms with Gasteiger partial charge < -0.3 is 11.1 Å². The molecule has 0 aromatic heterocycles. The summed E-state index contributed by atoms with van der Waals surface area (Å²) in [6.07, 6.45) is 2.41. The molecule has 112 valence electrons. The minimum atomic E-state index is -3.75. The van der Waals surface area contributed by atoms with Gasteiger partial charge in [0.15, 0.2) is 0 Å². The number of likely N-dealkylation sites (N-methyl/N-ethyl adjacent to an activating group) is 1. The first-order chi connectivity index (χ1) is 9.41. The van der Waals surface area contributed by atoms with Gasteiger partial charge in [-0.05, 0) is 44.1 Å². The lowest BCUT2D eigenvalue weighted by Gasteiger charge is -2.23. The topological polar surface area (TPSA) is 101 Å². The number of nitrogens with one attached hydrogen (secondary N) is 1. The molecule has 6 nitrogen and oxygen atoms in total. The normalized spacial score (nSPS) is 20.2. The maximum atomic E-state index is 11.3. The van der Waals surface area contributed by atoms with Crippen molar-refractivity contribution < 1.29 is 8.42 Å². The van der Waals surface area contributed by atoms with Gasteiger partial charge in [0.25, 0.3) is 0 Å². The van der Waals surface area contributed by atoms with Gasteiger partial charge >= 0.3 is 0 Å². The summed E-state index contributed by atoms with van der Waals surface area (Å²) in [6.45, 7) is 5.20. The van der Waals surface area contributed by atoms with E-state index in [0.717, 1.165) is 25.3 Å². The molecule has 0 saturated carbocycles. The molecule has 0 amide bonds. The molecule has 1 atom stereocenters.